The van der Waals surface area contributed by atoms with E-state index in [-0.39, 0.29) is 6.42 Å². The second-order valence-corrected chi connectivity index (χ2v) is 10.5. The number of aromatic nitrogens is 2. The van der Waals surface area contributed by atoms with Gasteiger partial charge in [0.15, 0.2) is 0 Å². The number of aryl methyl sites for hydroxylation is 1. The van der Waals surface area contributed by atoms with Crippen LogP contribution in [0.1, 0.15) is 37.7 Å². The van der Waals surface area contributed by atoms with Gasteiger partial charge in [-0.05, 0) is 92.4 Å². The van der Waals surface area contributed by atoms with Crippen LogP contribution >= 0.6 is 11.8 Å². The zero-order valence-corrected chi connectivity index (χ0v) is 21.3. The predicted octanol–water partition coefficient (Wildman–Crippen LogP) is 5.56. The van der Waals surface area contributed by atoms with Crippen LogP contribution in [0.3, 0.4) is 0 Å². The molecule has 4 rings (SSSR count). The van der Waals surface area contributed by atoms with Gasteiger partial charge in [0.2, 0.25) is 0 Å². The van der Waals surface area contributed by atoms with Crippen LogP contribution in [0.2, 0.25) is 0 Å². The lowest BCUT2D eigenvalue weighted by Gasteiger charge is -2.39. The third kappa shape index (κ3) is 7.42. The molecule has 1 fully saturated rings. The summed E-state index contributed by atoms with van der Waals surface area (Å²) in [5.74, 6) is 2.24. The molecule has 0 bridgehead atoms. The van der Waals surface area contributed by atoms with Gasteiger partial charge in [-0.15, -0.1) is 11.8 Å². The van der Waals surface area contributed by atoms with Gasteiger partial charge in [0.25, 0.3) is 0 Å². The van der Waals surface area contributed by atoms with Gasteiger partial charge >= 0.3 is 5.97 Å². The average Bonchev–Trinajstić information content (AvgIpc) is 2.88. The number of piperidine rings is 1. The molecule has 0 saturated carbocycles. The fraction of sp³-hybridized carbons (Fsp3) is 0.464. The Hall–Kier alpha value is -2.64. The molecule has 0 spiro atoms. The first kappa shape index (κ1) is 25.5. The van der Waals surface area contributed by atoms with Gasteiger partial charge in [-0.25, -0.2) is 0 Å². The molecule has 6 nitrogen and oxygen atoms in total. The highest BCUT2D eigenvalue weighted by atomic mass is 32.2. The summed E-state index contributed by atoms with van der Waals surface area (Å²) in [7, 11) is 1.69. The number of carbonyl (C=O) groups is 1. The van der Waals surface area contributed by atoms with Gasteiger partial charge in [0.05, 0.1) is 12.6 Å². The summed E-state index contributed by atoms with van der Waals surface area (Å²) in [6.45, 7) is 3.14. The smallest absolute Gasteiger partial charge is 0.303 e. The molecule has 1 saturated heterocycles. The van der Waals surface area contributed by atoms with Crippen molar-refractivity contribution in [3.05, 3.63) is 60.6 Å². The summed E-state index contributed by atoms with van der Waals surface area (Å²) in [5.41, 5.74) is 2.31. The first-order valence-electron chi connectivity index (χ1n) is 12.5. The van der Waals surface area contributed by atoms with Crippen LogP contribution in [0.4, 0.5) is 0 Å². The molecule has 35 heavy (non-hydrogen) atoms. The fourth-order valence-electron chi connectivity index (χ4n) is 5.18. The van der Waals surface area contributed by atoms with Crippen molar-refractivity contribution < 1.29 is 14.6 Å². The summed E-state index contributed by atoms with van der Waals surface area (Å²) < 4.78 is 5.42. The van der Waals surface area contributed by atoms with Crippen molar-refractivity contribution in [1.82, 2.24) is 14.9 Å². The van der Waals surface area contributed by atoms with Gasteiger partial charge < -0.3 is 14.7 Å². The zero-order chi connectivity index (χ0) is 24.5. The number of thioether (sulfide) groups is 1. The Morgan fingerprint density at radius 3 is 2.80 bits per heavy atom. The van der Waals surface area contributed by atoms with Gasteiger partial charge in [-0.2, -0.15) is 0 Å². The highest BCUT2D eigenvalue weighted by Crippen LogP contribution is 2.32. The van der Waals surface area contributed by atoms with Gasteiger partial charge in [-0.1, -0.05) is 0 Å². The van der Waals surface area contributed by atoms with Crippen LogP contribution in [0, 0.1) is 11.8 Å². The van der Waals surface area contributed by atoms with Crippen LogP contribution in [0.15, 0.2) is 59.9 Å². The lowest BCUT2D eigenvalue weighted by Crippen LogP contribution is -2.41. The molecule has 2 aromatic heterocycles. The number of nitrogens with zero attached hydrogens (tertiary/aromatic N) is 3. The average molecular weight is 494 g/mol. The summed E-state index contributed by atoms with van der Waals surface area (Å²) in [6, 6.07) is 12.3. The number of hydrogen-bond acceptors (Lipinski definition) is 6. The number of carboxylic acid groups (broad SMARTS) is 1. The molecule has 2 atom stereocenters. The van der Waals surface area contributed by atoms with E-state index >= 15 is 0 Å². The first-order valence-corrected chi connectivity index (χ1v) is 13.5. The van der Waals surface area contributed by atoms with Crippen LogP contribution in [-0.2, 0) is 11.2 Å². The number of rotatable bonds is 12. The van der Waals surface area contributed by atoms with Crippen molar-refractivity contribution in [2.45, 2.75) is 43.4 Å². The molecule has 0 aliphatic carbocycles. The Kier molecular flexibility index (Phi) is 9.37. The monoisotopic (exact) mass is 493 g/mol. The molecule has 7 heteroatoms. The minimum Gasteiger partial charge on any atom is -0.497 e. The normalized spacial score (nSPS) is 18.5. The molecular weight excluding hydrogens is 458 g/mol. The summed E-state index contributed by atoms with van der Waals surface area (Å²) >= 11 is 1.86. The molecule has 1 N–H and O–H groups in total. The molecular formula is C28H35N3O3S. The van der Waals surface area contributed by atoms with Crippen molar-refractivity contribution in [2.75, 3.05) is 32.5 Å². The molecule has 186 valence electrons. The number of aliphatic carboxylic acids is 1. The van der Waals surface area contributed by atoms with Crippen molar-refractivity contribution in [2.24, 2.45) is 11.8 Å². The zero-order valence-electron chi connectivity index (χ0n) is 20.4. The van der Waals surface area contributed by atoms with E-state index in [1.807, 2.05) is 42.5 Å². The van der Waals surface area contributed by atoms with Crippen LogP contribution in [-0.4, -0.2) is 58.4 Å². The third-order valence-corrected chi connectivity index (χ3v) is 8.08. The van der Waals surface area contributed by atoms with Gasteiger partial charge in [-0.3, -0.25) is 14.8 Å². The SMILES string of the molecule is COc1ccc2nccc(CCCC3CCN(CCSc4ccncc4)CC3CCC(=O)O)c2c1. The quantitative estimate of drug-likeness (QED) is 0.331. The van der Waals surface area contributed by atoms with E-state index in [0.717, 1.165) is 74.1 Å². The van der Waals surface area contributed by atoms with E-state index in [9.17, 15) is 9.90 Å². The number of pyridine rings is 2. The van der Waals surface area contributed by atoms with Crippen molar-refractivity contribution in [3.8, 4) is 5.75 Å². The number of methoxy groups -OCH3 is 1. The molecule has 3 heterocycles. The number of benzene rings is 1. The van der Waals surface area contributed by atoms with E-state index in [1.54, 1.807) is 7.11 Å². The standard InChI is InChI=1S/C28H35N3O3S/c1-34-24-6-7-27-26(19-24)22(9-15-30-27)4-2-3-21-12-16-31(20-23(21)5-8-28(32)33)17-18-35-25-10-13-29-14-11-25/h6-7,9-11,13-15,19,21,23H,2-5,8,12,16-18,20H2,1H3,(H,32,33). The van der Waals surface area contributed by atoms with E-state index in [4.69, 9.17) is 4.74 Å². The fourth-order valence-corrected chi connectivity index (χ4v) is 6.08. The van der Waals surface area contributed by atoms with Crippen LogP contribution < -0.4 is 4.74 Å². The number of fused-ring (bicyclic) bond motifs is 1. The van der Waals surface area contributed by atoms with E-state index < -0.39 is 5.97 Å². The van der Waals surface area contributed by atoms with E-state index in [0.29, 0.717) is 11.8 Å². The lowest BCUT2D eigenvalue weighted by molar-refractivity contribution is -0.137. The minimum atomic E-state index is -0.689. The Morgan fingerprint density at radius 2 is 2.00 bits per heavy atom. The van der Waals surface area contributed by atoms with Crippen molar-refractivity contribution in [3.63, 3.8) is 0 Å². The number of ether oxygens (including phenoxy) is 1. The first-order chi connectivity index (χ1) is 17.1. The second-order valence-electron chi connectivity index (χ2n) is 9.32. The Bertz CT molecular complexity index is 1100. The van der Waals surface area contributed by atoms with Crippen LogP contribution in [0.5, 0.6) is 5.75 Å². The van der Waals surface area contributed by atoms with Crippen molar-refractivity contribution in [1.29, 1.82) is 0 Å². The minimum absolute atomic E-state index is 0.259. The van der Waals surface area contributed by atoms with E-state index in [1.165, 1.54) is 10.5 Å². The highest BCUT2D eigenvalue weighted by Gasteiger charge is 2.29. The van der Waals surface area contributed by atoms with E-state index in [2.05, 4.69) is 39.1 Å². The maximum atomic E-state index is 11.3. The Labute approximate surface area is 212 Å². The maximum Gasteiger partial charge on any atom is 0.303 e. The number of likely N-dealkylation sites (tertiary alicyclic amines) is 1. The van der Waals surface area contributed by atoms with Gasteiger partial charge in [0.1, 0.15) is 5.75 Å². The number of carboxylic acids is 1. The maximum absolute atomic E-state index is 11.3. The number of hydrogen-bond donors (Lipinski definition) is 1. The summed E-state index contributed by atoms with van der Waals surface area (Å²) in [4.78, 5) is 23.7. The molecule has 1 aromatic carbocycles. The molecule has 3 aromatic rings. The van der Waals surface area contributed by atoms with Crippen LogP contribution in [0.25, 0.3) is 10.9 Å². The predicted molar refractivity (Wildman–Crippen MR) is 141 cm³/mol. The summed E-state index contributed by atoms with van der Waals surface area (Å²) in [5, 5.41) is 10.5. The molecule has 0 radical (unpaired) electrons. The largest absolute Gasteiger partial charge is 0.497 e. The lowest BCUT2D eigenvalue weighted by atomic mass is 9.79. The Balaban J connectivity index is 1.31. The topological polar surface area (TPSA) is 75.5 Å². The Morgan fingerprint density at radius 1 is 1.14 bits per heavy atom. The second kappa shape index (κ2) is 12.9. The molecule has 1 aliphatic rings. The summed E-state index contributed by atoms with van der Waals surface area (Å²) in [6.07, 6.45) is 11.0. The third-order valence-electron chi connectivity index (χ3n) is 7.09. The van der Waals surface area contributed by atoms with Crippen molar-refractivity contribution >= 4 is 28.6 Å². The highest BCUT2D eigenvalue weighted by molar-refractivity contribution is 7.99. The van der Waals surface area contributed by atoms with Gasteiger partial charge in [0, 0.05) is 54.1 Å². The molecule has 2 unspecified atom stereocenters. The molecule has 0 amide bonds. The molecule has 1 aliphatic heterocycles.